The number of ether oxygens (including phenoxy) is 17. The third-order valence-electron chi connectivity index (χ3n) is 20.8. The summed E-state index contributed by atoms with van der Waals surface area (Å²) in [5, 5.41) is 281. The zero-order chi connectivity index (χ0) is 84.8. The second-order valence-electron chi connectivity index (χ2n) is 28.9. The van der Waals surface area contributed by atoms with Gasteiger partial charge in [-0.25, -0.2) is 0 Å². The van der Waals surface area contributed by atoms with E-state index in [4.69, 9.17) is 80.5 Å². The minimum absolute atomic E-state index is 0.809. The van der Waals surface area contributed by atoms with Crippen LogP contribution in [0.25, 0.3) is 0 Å². The van der Waals surface area contributed by atoms with Crippen molar-refractivity contribution in [3.63, 3.8) is 0 Å². The molecule has 664 valence electrons. The van der Waals surface area contributed by atoms with E-state index < -0.39 is 365 Å². The van der Waals surface area contributed by atoms with Crippen LogP contribution >= 0.6 is 0 Å². The molecule has 0 bridgehead atoms. The smallest absolute Gasteiger partial charge is 0.217 e. The number of amides is 5. The van der Waals surface area contributed by atoms with Crippen LogP contribution in [0.1, 0.15) is 34.6 Å². The largest absolute Gasteiger partial charge is 0.394 e. The van der Waals surface area contributed by atoms with Gasteiger partial charge in [-0.3, -0.25) is 24.0 Å². The van der Waals surface area contributed by atoms with Crippen LogP contribution in [0.5, 0.6) is 0 Å². The average molecular weight is 1680 g/mol. The molecule has 51 nitrogen and oxygen atoms in total. The van der Waals surface area contributed by atoms with Crippen molar-refractivity contribution in [2.75, 3.05) is 59.5 Å². The molecule has 51 heteroatoms. The molecule has 9 aliphatic rings. The molecule has 0 aromatic rings. The van der Waals surface area contributed by atoms with Gasteiger partial charge in [-0.05, 0) is 0 Å². The predicted molar refractivity (Wildman–Crippen MR) is 355 cm³/mol. The number of rotatable bonds is 30. The Labute approximate surface area is 651 Å². The number of hydrogen-bond donors (Lipinski definition) is 29. The molecule has 0 saturated carbocycles. The van der Waals surface area contributed by atoms with E-state index in [1.165, 1.54) is 0 Å². The number of carbonyl (C=O) groups is 5. The van der Waals surface area contributed by atoms with Crippen LogP contribution in [-0.2, 0) is 104 Å². The molecular formula is C64H107N5O46. The van der Waals surface area contributed by atoms with Gasteiger partial charge in [0.05, 0.1) is 59.5 Å². The molecule has 45 atom stereocenters. The van der Waals surface area contributed by atoms with Crippen LogP contribution in [0, 0.1) is 0 Å². The van der Waals surface area contributed by atoms with E-state index in [1.54, 1.807) is 0 Å². The Morgan fingerprint density at radius 1 is 0.226 bits per heavy atom. The predicted octanol–water partition coefficient (Wildman–Crippen LogP) is -19.9. The Hall–Kier alpha value is -4.29. The molecular weight excluding hydrogens is 1570 g/mol. The number of hydrogen-bond acceptors (Lipinski definition) is 46. The van der Waals surface area contributed by atoms with Gasteiger partial charge >= 0.3 is 0 Å². The van der Waals surface area contributed by atoms with Crippen molar-refractivity contribution in [3.8, 4) is 0 Å². The quantitative estimate of drug-likeness (QED) is 0.0318. The summed E-state index contributed by atoms with van der Waals surface area (Å²) < 4.78 is 104. The molecule has 9 aliphatic heterocycles. The van der Waals surface area contributed by atoms with Crippen LogP contribution in [0.15, 0.2) is 0 Å². The van der Waals surface area contributed by atoms with Gasteiger partial charge in [0.2, 0.25) is 29.5 Å². The number of aliphatic hydroxyl groups excluding tert-OH is 24. The molecule has 115 heavy (non-hydrogen) atoms. The fraction of sp³-hybridized carbons (Fsp3) is 0.922. The third kappa shape index (κ3) is 21.3. The van der Waals surface area contributed by atoms with Crippen molar-refractivity contribution in [1.29, 1.82) is 0 Å². The summed E-state index contributed by atoms with van der Waals surface area (Å²) in [6.45, 7) is -5.67. The Morgan fingerprint density at radius 3 is 0.861 bits per heavy atom. The molecule has 0 radical (unpaired) electrons. The van der Waals surface area contributed by atoms with Crippen LogP contribution in [-0.4, -0.2) is 488 Å². The summed E-state index contributed by atoms with van der Waals surface area (Å²) in [5.74, 6) is -4.65. The van der Waals surface area contributed by atoms with Gasteiger partial charge in [0.25, 0.3) is 0 Å². The van der Waals surface area contributed by atoms with Crippen molar-refractivity contribution < 1.29 is 227 Å². The van der Waals surface area contributed by atoms with E-state index in [-0.39, 0.29) is 0 Å². The van der Waals surface area contributed by atoms with Crippen molar-refractivity contribution in [2.45, 2.75) is 311 Å². The summed E-state index contributed by atoms with van der Waals surface area (Å²) in [4.78, 5) is 64.2. The van der Waals surface area contributed by atoms with Crippen molar-refractivity contribution in [1.82, 2.24) is 26.6 Å². The lowest BCUT2D eigenvalue weighted by atomic mass is 9.93. The molecule has 0 unspecified atom stereocenters. The van der Waals surface area contributed by atoms with Gasteiger partial charge in [0.15, 0.2) is 56.6 Å². The van der Waals surface area contributed by atoms with E-state index in [0.717, 1.165) is 34.6 Å². The maximum Gasteiger partial charge on any atom is 0.217 e. The Bertz CT molecular complexity index is 3100. The van der Waals surface area contributed by atoms with E-state index in [2.05, 4.69) is 26.6 Å². The highest BCUT2D eigenvalue weighted by atomic mass is 16.8. The minimum atomic E-state index is -2.75. The van der Waals surface area contributed by atoms with Gasteiger partial charge in [-0.1, -0.05) is 0 Å². The van der Waals surface area contributed by atoms with Crippen LogP contribution in [0.2, 0.25) is 0 Å². The van der Waals surface area contributed by atoms with Crippen LogP contribution in [0.4, 0.5) is 0 Å². The summed E-state index contributed by atoms with van der Waals surface area (Å²) in [7, 11) is 0. The zero-order valence-corrected chi connectivity index (χ0v) is 62.1. The molecule has 9 fully saturated rings. The number of carbonyl (C=O) groups excluding carboxylic acids is 5. The summed E-state index contributed by atoms with van der Waals surface area (Å²) in [6, 6.07) is -9.52. The molecule has 0 aromatic heterocycles. The lowest BCUT2D eigenvalue weighted by Crippen LogP contribution is -2.72. The van der Waals surface area contributed by atoms with Gasteiger partial charge in [0, 0.05) is 34.6 Å². The third-order valence-corrected chi connectivity index (χ3v) is 20.8. The summed E-state index contributed by atoms with van der Waals surface area (Å²) >= 11 is 0. The minimum Gasteiger partial charge on any atom is -0.394 e. The van der Waals surface area contributed by atoms with Crippen LogP contribution in [0.3, 0.4) is 0 Å². The topological polar surface area (TPSA) is 788 Å². The molecule has 9 saturated heterocycles. The number of aliphatic hydroxyl groups is 24. The highest BCUT2D eigenvalue weighted by Gasteiger charge is 2.62. The highest BCUT2D eigenvalue weighted by Crippen LogP contribution is 2.41. The van der Waals surface area contributed by atoms with Crippen molar-refractivity contribution >= 4 is 29.5 Å². The van der Waals surface area contributed by atoms with E-state index in [9.17, 15) is 147 Å². The van der Waals surface area contributed by atoms with Crippen molar-refractivity contribution in [3.05, 3.63) is 0 Å². The van der Waals surface area contributed by atoms with E-state index in [0.29, 0.717) is 0 Å². The first-order chi connectivity index (χ1) is 54.4. The van der Waals surface area contributed by atoms with Gasteiger partial charge in [-0.2, -0.15) is 0 Å². The van der Waals surface area contributed by atoms with Gasteiger partial charge < -0.3 is 230 Å². The second-order valence-corrected chi connectivity index (χ2v) is 28.9. The Kier molecular flexibility index (Phi) is 34.1. The molecule has 29 N–H and O–H groups in total. The van der Waals surface area contributed by atoms with Crippen molar-refractivity contribution in [2.24, 2.45) is 0 Å². The standard InChI is InChI=1S/C64H107N5O46/c1-15(78)65-29-41(90)49(25(11-75)100-56(29)98)109-59-32(68-18(4)81)42(91)51(27(13-77)106-59)111-62-48(97)53(113-64-55(46(95)38(87)24(10-74)105-64)115-58-31(67-17(3)80)40(89)35(84)21(7-71)102-58)52(112-60-33(69-19(5)82)43(92)50(26(12-76)107-60)110-61-47(96)44(93)36(85)22(8-72)103-61)28(108-62)14-99-63-54(45(94)37(86)23(9-73)104-63)114-57-30(66-16(2)79)39(88)34(83)20(6-70)101-57/h20-64,70-77,83-98H,6-14H2,1-5H3,(H,65,78)(H,66,79)(H,67,80)(H,68,81)(H,69,82)/t20-,21-,22-,23-,24-,25-,26-,27-,28-,29-,30-,31-,32-,33-,34-,35-,36+,37-,38-,39-,40-,41-,42-,43-,44+,45+,46+,47-,48+,49-,50-,51-,52-,53-,54+,55+,56-,57+,58+,59+,60+,61+,62+,63+,64-/m1/s1. The maximum absolute atomic E-state index is 13.4. The molecule has 0 spiro atoms. The normalized spacial score (nSPS) is 47.9. The molecule has 0 aliphatic carbocycles. The summed E-state index contributed by atoms with van der Waals surface area (Å²) in [5.41, 5.74) is 0. The Morgan fingerprint density at radius 2 is 0.478 bits per heavy atom. The fourth-order valence-corrected chi connectivity index (χ4v) is 14.9. The first kappa shape index (κ1) is 94.6. The highest BCUT2D eigenvalue weighted by molar-refractivity contribution is 5.75. The molecule has 5 amide bonds. The lowest BCUT2D eigenvalue weighted by Gasteiger charge is -2.52. The first-order valence-corrected chi connectivity index (χ1v) is 36.6. The van der Waals surface area contributed by atoms with Gasteiger partial charge in [0.1, 0.15) is 219 Å². The maximum atomic E-state index is 13.4. The lowest BCUT2D eigenvalue weighted by molar-refractivity contribution is -0.409. The first-order valence-electron chi connectivity index (χ1n) is 36.6. The second kappa shape index (κ2) is 41.5. The van der Waals surface area contributed by atoms with Gasteiger partial charge in [-0.15, -0.1) is 0 Å². The van der Waals surface area contributed by atoms with E-state index in [1.807, 2.05) is 0 Å². The average Bonchev–Trinajstić information content (AvgIpc) is 0.758. The van der Waals surface area contributed by atoms with Crippen LogP contribution < -0.4 is 26.6 Å². The zero-order valence-electron chi connectivity index (χ0n) is 62.1. The molecule has 9 heterocycles. The fourth-order valence-electron chi connectivity index (χ4n) is 14.9. The van der Waals surface area contributed by atoms with E-state index >= 15 is 0 Å². The Balaban J connectivity index is 1.20. The molecule has 9 rings (SSSR count). The SMILES string of the molecule is CC(=O)N[C@@H]1[C@@H](O)[C@H](O[C@@H]2O[C@H](CO)[C@@H](O[C@@H]3O[C@H](CO[C@H]4O[C@H](CO)[C@@H](O)[C@H](O)[C@@H]4O[C@@H]4O[C@H](CO)[C@@H](O)[C@H](O)[C@H]4NC(C)=O)[C@@H](O[C@@H]4O[C@H](CO)[C@@H](O[C@@H]5O[C@H](CO)[C@H](O)[C@H](O)[C@H]5O)[C@H](O)[C@H]4NC(C)=O)[C@H](O[C@H]4O[C@H](CO)[C@@H](O)[C@H](O)[C@@H]4O[C@@H]4O[C@H](CO)[C@@H](O)[C@H](O)[C@H]4NC(C)=O)[C@@H]3O)[C@H](O)[C@H]2NC(C)=O)[C@@H](CO)O[C@H]1O. The molecule has 0 aromatic carbocycles. The summed E-state index contributed by atoms with van der Waals surface area (Å²) in [6.07, 6.45) is -86.3. The number of nitrogens with one attached hydrogen (secondary N) is 5. The monoisotopic (exact) mass is 1680 g/mol.